The Morgan fingerprint density at radius 2 is 1.79 bits per heavy atom. The van der Waals surface area contributed by atoms with E-state index in [0.29, 0.717) is 0 Å². The van der Waals surface area contributed by atoms with Crippen molar-refractivity contribution in [2.75, 3.05) is 5.32 Å². The Hall–Kier alpha value is -3.11. The van der Waals surface area contributed by atoms with Crippen molar-refractivity contribution in [3.05, 3.63) is 72.0 Å². The molecule has 2 heterocycles. The molecule has 4 nitrogen and oxygen atoms in total. The summed E-state index contributed by atoms with van der Waals surface area (Å²) in [5.41, 5.74) is 6.03. The molecule has 0 bridgehead atoms. The van der Waals surface area contributed by atoms with Crippen LogP contribution in [0, 0.1) is 0 Å². The largest absolute Gasteiger partial charge is 0.354 e. The molecule has 0 spiro atoms. The van der Waals surface area contributed by atoms with E-state index in [2.05, 4.69) is 35.0 Å². The van der Waals surface area contributed by atoms with E-state index in [1.807, 2.05) is 48.8 Å². The Morgan fingerprint density at radius 3 is 2.62 bits per heavy atom. The standard InChI is InChI=1S/C24H21ClN4/c1-2-3-14-29-15-26-24-21(29)13-12-20-22(24)23(18-6-4-5-7-19(18)28-20)27-17-10-8-16(25)9-11-17/h4-13,15H,2-3,14H2,1H3,(H,27,28). The van der Waals surface area contributed by atoms with Crippen molar-refractivity contribution in [1.29, 1.82) is 0 Å². The van der Waals surface area contributed by atoms with Gasteiger partial charge in [0.1, 0.15) is 0 Å². The van der Waals surface area contributed by atoms with E-state index in [1.54, 1.807) is 0 Å². The van der Waals surface area contributed by atoms with Gasteiger partial charge in [-0.15, -0.1) is 0 Å². The van der Waals surface area contributed by atoms with E-state index < -0.39 is 0 Å². The van der Waals surface area contributed by atoms with Gasteiger partial charge in [0.15, 0.2) is 0 Å². The number of rotatable bonds is 5. The van der Waals surface area contributed by atoms with Gasteiger partial charge >= 0.3 is 0 Å². The minimum absolute atomic E-state index is 0.719. The van der Waals surface area contributed by atoms with Crippen LogP contribution in [0.15, 0.2) is 67.0 Å². The number of unbranched alkanes of at least 4 members (excludes halogenated alkanes) is 1. The first-order valence-corrected chi connectivity index (χ1v) is 10.3. The zero-order valence-electron chi connectivity index (χ0n) is 16.2. The van der Waals surface area contributed by atoms with E-state index in [1.165, 1.54) is 0 Å². The number of nitrogens with zero attached hydrogens (tertiary/aromatic N) is 3. The number of anilines is 2. The molecule has 0 unspecified atom stereocenters. The summed E-state index contributed by atoms with van der Waals surface area (Å²) in [6, 6.07) is 20.2. The van der Waals surface area contributed by atoms with Crippen LogP contribution in [-0.2, 0) is 6.54 Å². The van der Waals surface area contributed by atoms with Gasteiger partial charge in [-0.05, 0) is 48.9 Å². The maximum Gasteiger partial charge on any atom is 0.0999 e. The molecule has 0 saturated carbocycles. The molecule has 0 fully saturated rings. The highest BCUT2D eigenvalue weighted by Gasteiger charge is 2.15. The molecule has 0 radical (unpaired) electrons. The van der Waals surface area contributed by atoms with E-state index in [-0.39, 0.29) is 0 Å². The average molecular weight is 401 g/mol. The van der Waals surface area contributed by atoms with Gasteiger partial charge in [-0.1, -0.05) is 43.1 Å². The Morgan fingerprint density at radius 1 is 0.966 bits per heavy atom. The topological polar surface area (TPSA) is 42.7 Å². The van der Waals surface area contributed by atoms with Crippen LogP contribution in [0.25, 0.3) is 32.8 Å². The number of pyridine rings is 1. The molecule has 0 aliphatic rings. The quantitative estimate of drug-likeness (QED) is 0.325. The number of halogens is 1. The lowest BCUT2D eigenvalue weighted by molar-refractivity contribution is 0.646. The molecule has 1 N–H and O–H groups in total. The first kappa shape index (κ1) is 18.0. The summed E-state index contributed by atoms with van der Waals surface area (Å²) in [5, 5.41) is 6.46. The second-order valence-corrected chi connectivity index (χ2v) is 7.69. The maximum absolute atomic E-state index is 6.08. The van der Waals surface area contributed by atoms with Crippen LogP contribution >= 0.6 is 11.6 Å². The van der Waals surface area contributed by atoms with Gasteiger partial charge < -0.3 is 9.88 Å². The van der Waals surface area contributed by atoms with Crippen molar-refractivity contribution in [3.63, 3.8) is 0 Å². The van der Waals surface area contributed by atoms with Crippen LogP contribution in [0.4, 0.5) is 11.4 Å². The Kier molecular flexibility index (Phi) is 4.57. The lowest BCUT2D eigenvalue weighted by atomic mass is 10.1. The highest BCUT2D eigenvalue weighted by Crippen LogP contribution is 2.37. The Bertz CT molecular complexity index is 1320. The summed E-state index contributed by atoms with van der Waals surface area (Å²) >= 11 is 6.08. The van der Waals surface area contributed by atoms with E-state index in [9.17, 15) is 0 Å². The van der Waals surface area contributed by atoms with Crippen molar-refractivity contribution in [3.8, 4) is 0 Å². The summed E-state index contributed by atoms with van der Waals surface area (Å²) in [6.45, 7) is 3.18. The number of fused-ring (bicyclic) bond motifs is 4. The van der Waals surface area contributed by atoms with Crippen LogP contribution in [0.5, 0.6) is 0 Å². The molecule has 144 valence electrons. The van der Waals surface area contributed by atoms with Gasteiger partial charge in [-0.25, -0.2) is 9.97 Å². The number of aryl methyl sites for hydroxylation is 1. The molecule has 2 aromatic heterocycles. The van der Waals surface area contributed by atoms with Gasteiger partial charge in [-0.3, -0.25) is 0 Å². The van der Waals surface area contributed by atoms with Gasteiger partial charge in [-0.2, -0.15) is 0 Å². The number of benzene rings is 3. The lowest BCUT2D eigenvalue weighted by Crippen LogP contribution is -1.97. The number of nitrogens with one attached hydrogen (secondary N) is 1. The molecule has 3 aromatic carbocycles. The van der Waals surface area contributed by atoms with Crippen LogP contribution in [0.1, 0.15) is 19.8 Å². The molecule has 29 heavy (non-hydrogen) atoms. The van der Waals surface area contributed by atoms with Gasteiger partial charge in [0.2, 0.25) is 0 Å². The second-order valence-electron chi connectivity index (χ2n) is 7.25. The smallest absolute Gasteiger partial charge is 0.0999 e. The second kappa shape index (κ2) is 7.37. The fourth-order valence-corrected chi connectivity index (χ4v) is 3.95. The van der Waals surface area contributed by atoms with Crippen LogP contribution in [0.3, 0.4) is 0 Å². The molecule has 0 amide bonds. The minimum Gasteiger partial charge on any atom is -0.354 e. The number of para-hydroxylation sites is 1. The van der Waals surface area contributed by atoms with Crippen molar-refractivity contribution in [2.45, 2.75) is 26.3 Å². The Balaban J connectivity index is 1.79. The van der Waals surface area contributed by atoms with Gasteiger partial charge in [0, 0.05) is 22.6 Å². The summed E-state index contributed by atoms with van der Waals surface area (Å²) in [4.78, 5) is 9.69. The highest BCUT2D eigenvalue weighted by molar-refractivity contribution is 6.30. The highest BCUT2D eigenvalue weighted by atomic mass is 35.5. The van der Waals surface area contributed by atoms with Crippen molar-refractivity contribution in [1.82, 2.24) is 14.5 Å². The zero-order chi connectivity index (χ0) is 19.8. The summed E-state index contributed by atoms with van der Waals surface area (Å²) in [6.07, 6.45) is 4.24. The summed E-state index contributed by atoms with van der Waals surface area (Å²) in [5.74, 6) is 0. The van der Waals surface area contributed by atoms with Gasteiger partial charge in [0.05, 0.1) is 39.5 Å². The number of hydrogen-bond donors (Lipinski definition) is 1. The molecular formula is C24H21ClN4. The minimum atomic E-state index is 0.719. The third-order valence-electron chi connectivity index (χ3n) is 5.30. The molecular weight excluding hydrogens is 380 g/mol. The van der Waals surface area contributed by atoms with Crippen LogP contribution in [0.2, 0.25) is 5.02 Å². The molecule has 5 heteroatoms. The fraction of sp³-hybridized carbons (Fsp3) is 0.167. The lowest BCUT2D eigenvalue weighted by Gasteiger charge is -2.14. The first-order chi connectivity index (χ1) is 14.2. The van der Waals surface area contributed by atoms with Crippen LogP contribution in [-0.4, -0.2) is 14.5 Å². The fourth-order valence-electron chi connectivity index (χ4n) is 3.82. The molecule has 5 aromatic rings. The van der Waals surface area contributed by atoms with E-state index >= 15 is 0 Å². The molecule has 0 atom stereocenters. The monoisotopic (exact) mass is 400 g/mol. The average Bonchev–Trinajstić information content (AvgIpc) is 3.16. The van der Waals surface area contributed by atoms with Crippen LogP contribution < -0.4 is 5.32 Å². The zero-order valence-corrected chi connectivity index (χ0v) is 16.9. The van der Waals surface area contributed by atoms with E-state index in [4.69, 9.17) is 21.6 Å². The molecule has 0 saturated heterocycles. The normalized spacial score (nSPS) is 11.5. The predicted octanol–water partition coefficient (Wildman–Crippen LogP) is 6.93. The molecule has 0 aliphatic heterocycles. The van der Waals surface area contributed by atoms with Crippen molar-refractivity contribution < 1.29 is 0 Å². The summed E-state index contributed by atoms with van der Waals surface area (Å²) in [7, 11) is 0. The number of aromatic nitrogens is 3. The van der Waals surface area contributed by atoms with Crippen molar-refractivity contribution in [2.24, 2.45) is 0 Å². The number of hydrogen-bond acceptors (Lipinski definition) is 3. The maximum atomic E-state index is 6.08. The van der Waals surface area contributed by atoms with E-state index in [0.717, 1.165) is 68.6 Å². The first-order valence-electron chi connectivity index (χ1n) is 9.93. The number of imidazole rings is 1. The van der Waals surface area contributed by atoms with Crippen molar-refractivity contribution >= 4 is 55.8 Å². The predicted molar refractivity (Wildman–Crippen MR) is 122 cm³/mol. The molecule has 0 aliphatic carbocycles. The Labute approximate surface area is 174 Å². The molecule has 5 rings (SSSR count). The van der Waals surface area contributed by atoms with Gasteiger partial charge in [0.25, 0.3) is 0 Å². The summed E-state index contributed by atoms with van der Waals surface area (Å²) < 4.78 is 2.24. The SMILES string of the molecule is CCCCn1cnc2c3c(Nc4ccc(Cl)cc4)c4ccccc4nc3ccc21. The third kappa shape index (κ3) is 3.19. The third-order valence-corrected chi connectivity index (χ3v) is 5.55.